The second kappa shape index (κ2) is 6.41. The quantitative estimate of drug-likeness (QED) is 0.811. The first-order chi connectivity index (χ1) is 12.5. The maximum Gasteiger partial charge on any atom is 0.325 e. The predicted molar refractivity (Wildman–Crippen MR) is 96.5 cm³/mol. The van der Waals surface area contributed by atoms with Crippen molar-refractivity contribution in [2.75, 3.05) is 6.54 Å². The third-order valence-corrected chi connectivity index (χ3v) is 5.97. The van der Waals surface area contributed by atoms with Crippen molar-refractivity contribution in [2.24, 2.45) is 0 Å². The van der Waals surface area contributed by atoms with E-state index in [1.807, 2.05) is 12.1 Å². The monoisotopic (exact) mass is 355 g/mol. The summed E-state index contributed by atoms with van der Waals surface area (Å²) in [6, 6.07) is 5.68. The lowest BCUT2D eigenvalue weighted by molar-refractivity contribution is -0.135. The van der Waals surface area contributed by atoms with Crippen LogP contribution >= 0.6 is 0 Å². The van der Waals surface area contributed by atoms with Gasteiger partial charge in [-0.15, -0.1) is 0 Å². The van der Waals surface area contributed by atoms with Crippen molar-refractivity contribution >= 4 is 17.8 Å². The molecular formula is C20H25N3O3. The molecule has 6 nitrogen and oxygen atoms in total. The first kappa shape index (κ1) is 17.1. The summed E-state index contributed by atoms with van der Waals surface area (Å²) >= 11 is 0. The van der Waals surface area contributed by atoms with Crippen LogP contribution in [0.25, 0.3) is 0 Å². The van der Waals surface area contributed by atoms with E-state index in [1.165, 1.54) is 11.1 Å². The molecule has 1 atom stereocenters. The number of rotatable bonds is 4. The number of nitrogens with one attached hydrogen (secondary N) is 2. The van der Waals surface area contributed by atoms with Gasteiger partial charge in [-0.25, -0.2) is 4.79 Å². The highest BCUT2D eigenvalue weighted by atomic mass is 16.2. The lowest BCUT2D eigenvalue weighted by Gasteiger charge is -2.23. The van der Waals surface area contributed by atoms with Crippen LogP contribution in [0, 0.1) is 0 Å². The molecule has 0 radical (unpaired) electrons. The van der Waals surface area contributed by atoms with Crippen LogP contribution in [0.2, 0.25) is 0 Å². The fraction of sp³-hybridized carbons (Fsp3) is 0.550. The molecule has 1 aromatic rings. The minimum Gasteiger partial charge on any atom is -0.352 e. The molecule has 2 aliphatic carbocycles. The van der Waals surface area contributed by atoms with Gasteiger partial charge in [0.1, 0.15) is 12.1 Å². The first-order valence-corrected chi connectivity index (χ1v) is 9.53. The Labute approximate surface area is 153 Å². The van der Waals surface area contributed by atoms with Gasteiger partial charge in [0.25, 0.3) is 5.91 Å². The number of hydrogen-bond donors (Lipinski definition) is 2. The van der Waals surface area contributed by atoms with Crippen molar-refractivity contribution in [3.05, 3.63) is 34.9 Å². The van der Waals surface area contributed by atoms with Crippen LogP contribution in [-0.2, 0) is 28.0 Å². The molecule has 2 N–H and O–H groups in total. The Morgan fingerprint density at radius 1 is 1.19 bits per heavy atom. The Morgan fingerprint density at radius 3 is 2.69 bits per heavy atom. The Balaban J connectivity index is 1.50. The van der Waals surface area contributed by atoms with Crippen LogP contribution in [-0.4, -0.2) is 35.3 Å². The molecule has 1 aromatic carbocycles. The van der Waals surface area contributed by atoms with E-state index in [0.29, 0.717) is 0 Å². The van der Waals surface area contributed by atoms with Crippen LogP contribution < -0.4 is 10.6 Å². The number of carbonyl (C=O) groups excluding carboxylic acids is 3. The molecule has 1 saturated heterocycles. The van der Waals surface area contributed by atoms with E-state index in [1.54, 1.807) is 6.92 Å². The molecule has 138 valence electrons. The summed E-state index contributed by atoms with van der Waals surface area (Å²) in [7, 11) is 0. The summed E-state index contributed by atoms with van der Waals surface area (Å²) in [5, 5.41) is 5.73. The van der Waals surface area contributed by atoms with Crippen LogP contribution in [0.3, 0.4) is 0 Å². The highest BCUT2D eigenvalue weighted by Gasteiger charge is 2.49. The van der Waals surface area contributed by atoms with E-state index in [9.17, 15) is 14.4 Å². The summed E-state index contributed by atoms with van der Waals surface area (Å²) in [6.45, 7) is 1.50. The van der Waals surface area contributed by atoms with Crippen molar-refractivity contribution < 1.29 is 14.4 Å². The van der Waals surface area contributed by atoms with Gasteiger partial charge < -0.3 is 10.6 Å². The minimum atomic E-state index is -1.11. The van der Waals surface area contributed by atoms with E-state index in [4.69, 9.17) is 0 Å². The van der Waals surface area contributed by atoms with Gasteiger partial charge in [0.05, 0.1) is 0 Å². The van der Waals surface area contributed by atoms with Gasteiger partial charge in [-0.3, -0.25) is 14.5 Å². The molecule has 1 unspecified atom stereocenters. The highest BCUT2D eigenvalue weighted by Crippen LogP contribution is 2.32. The Bertz CT molecular complexity index is 770. The molecule has 0 bridgehead atoms. The predicted octanol–water partition coefficient (Wildman–Crippen LogP) is 2.00. The van der Waals surface area contributed by atoms with E-state index < -0.39 is 11.6 Å². The smallest absolute Gasteiger partial charge is 0.325 e. The fourth-order valence-electron chi connectivity index (χ4n) is 4.41. The third kappa shape index (κ3) is 2.87. The number of urea groups is 1. The third-order valence-electron chi connectivity index (χ3n) is 5.97. The Hall–Kier alpha value is -2.37. The zero-order valence-electron chi connectivity index (χ0n) is 15.1. The van der Waals surface area contributed by atoms with E-state index >= 15 is 0 Å². The van der Waals surface area contributed by atoms with Crippen LogP contribution in [0.5, 0.6) is 0 Å². The number of benzene rings is 1. The number of nitrogens with zero attached hydrogens (tertiary/aromatic N) is 1. The number of carbonyl (C=O) groups is 3. The van der Waals surface area contributed by atoms with Gasteiger partial charge in [0.15, 0.2) is 0 Å². The molecule has 26 heavy (non-hydrogen) atoms. The zero-order chi connectivity index (χ0) is 18.3. The molecule has 3 aliphatic rings. The second-order valence-electron chi connectivity index (χ2n) is 7.83. The lowest BCUT2D eigenvalue weighted by atomic mass is 9.89. The largest absolute Gasteiger partial charge is 0.352 e. The molecule has 4 amide bonds. The molecule has 6 heteroatoms. The van der Waals surface area contributed by atoms with Crippen molar-refractivity contribution in [3.8, 4) is 0 Å². The highest BCUT2D eigenvalue weighted by molar-refractivity contribution is 6.09. The average molecular weight is 355 g/mol. The van der Waals surface area contributed by atoms with Crippen molar-refractivity contribution in [2.45, 2.75) is 63.5 Å². The minimum absolute atomic E-state index is 0.173. The second-order valence-corrected chi connectivity index (χ2v) is 7.83. The van der Waals surface area contributed by atoms with E-state index in [2.05, 4.69) is 16.7 Å². The lowest BCUT2D eigenvalue weighted by Crippen LogP contribution is -2.45. The standard InChI is InChI=1S/C20H25N3O3/c1-20(15-10-9-13-5-4-6-14(13)11-15)18(25)23(19(26)22-20)12-17(24)21-16-7-2-3-8-16/h9-11,16H,2-8,12H2,1H3,(H,21,24)(H,22,26). The molecular weight excluding hydrogens is 330 g/mol. The van der Waals surface area contributed by atoms with Gasteiger partial charge in [0.2, 0.25) is 5.91 Å². The van der Waals surface area contributed by atoms with Gasteiger partial charge in [-0.05, 0) is 55.7 Å². The molecule has 4 rings (SSSR count). The van der Waals surface area contributed by atoms with Gasteiger partial charge >= 0.3 is 6.03 Å². The average Bonchev–Trinajstić information content (AvgIpc) is 3.32. The maximum absolute atomic E-state index is 13.0. The van der Waals surface area contributed by atoms with Gasteiger partial charge in [-0.2, -0.15) is 0 Å². The van der Waals surface area contributed by atoms with Crippen LogP contribution in [0.4, 0.5) is 4.79 Å². The molecule has 1 heterocycles. The molecule has 1 saturated carbocycles. The number of hydrogen-bond acceptors (Lipinski definition) is 3. The number of aryl methyl sites for hydroxylation is 2. The maximum atomic E-state index is 13.0. The molecule has 0 aromatic heterocycles. The summed E-state index contributed by atoms with van der Waals surface area (Å²) in [6.07, 6.45) is 7.38. The Morgan fingerprint density at radius 2 is 1.92 bits per heavy atom. The van der Waals surface area contributed by atoms with Crippen molar-refractivity contribution in [3.63, 3.8) is 0 Å². The summed E-state index contributed by atoms with van der Waals surface area (Å²) in [5.41, 5.74) is 2.25. The van der Waals surface area contributed by atoms with Gasteiger partial charge in [-0.1, -0.05) is 31.0 Å². The number of fused-ring (bicyclic) bond motifs is 1. The summed E-state index contributed by atoms with van der Waals surface area (Å²) < 4.78 is 0. The first-order valence-electron chi connectivity index (χ1n) is 9.53. The Kier molecular flexibility index (Phi) is 4.21. The molecule has 1 aliphatic heterocycles. The van der Waals surface area contributed by atoms with Gasteiger partial charge in [0, 0.05) is 6.04 Å². The summed E-state index contributed by atoms with van der Waals surface area (Å²) in [5.74, 6) is -0.624. The number of imide groups is 1. The summed E-state index contributed by atoms with van der Waals surface area (Å²) in [4.78, 5) is 38.7. The zero-order valence-corrected chi connectivity index (χ0v) is 15.1. The molecule has 2 fully saturated rings. The normalized spacial score (nSPS) is 25.5. The van der Waals surface area contributed by atoms with Crippen LogP contribution in [0.15, 0.2) is 18.2 Å². The topological polar surface area (TPSA) is 78.5 Å². The van der Waals surface area contributed by atoms with Crippen LogP contribution in [0.1, 0.15) is 55.7 Å². The fourth-order valence-corrected chi connectivity index (χ4v) is 4.41. The van der Waals surface area contributed by atoms with E-state index in [0.717, 1.165) is 55.4 Å². The van der Waals surface area contributed by atoms with E-state index in [-0.39, 0.29) is 24.4 Å². The molecule has 0 spiro atoms. The van der Waals surface area contributed by atoms with Crippen molar-refractivity contribution in [1.82, 2.24) is 15.5 Å². The number of amides is 4. The van der Waals surface area contributed by atoms with Crippen molar-refractivity contribution in [1.29, 1.82) is 0 Å². The SMILES string of the molecule is CC1(c2ccc3c(c2)CCC3)NC(=O)N(CC(=O)NC2CCCC2)C1=O.